The number of nitrogens with one attached hydrogen (secondary N) is 1. The van der Waals surface area contributed by atoms with Crippen molar-refractivity contribution >= 4 is 22.7 Å². The maximum atomic E-state index is 13.5. The Balaban J connectivity index is 1.50. The van der Waals surface area contributed by atoms with Gasteiger partial charge in [0.25, 0.3) is 5.91 Å². The fourth-order valence-corrected chi connectivity index (χ4v) is 2.67. The summed E-state index contributed by atoms with van der Waals surface area (Å²) in [6.07, 6.45) is 0. The van der Waals surface area contributed by atoms with E-state index < -0.39 is 11.7 Å². The molecule has 0 atom stereocenters. The Morgan fingerprint density at radius 1 is 1.11 bits per heavy atom. The van der Waals surface area contributed by atoms with Crippen molar-refractivity contribution in [1.82, 2.24) is 4.98 Å². The van der Waals surface area contributed by atoms with Crippen LogP contribution in [0.15, 0.2) is 71.1 Å². The lowest BCUT2D eigenvalue weighted by atomic mass is 10.1. The number of aromatic hydroxyl groups is 1. The number of benzene rings is 3. The zero-order valence-corrected chi connectivity index (χ0v) is 14.6. The van der Waals surface area contributed by atoms with Crippen molar-refractivity contribution in [2.45, 2.75) is 0 Å². The first kappa shape index (κ1) is 17.5. The molecule has 0 radical (unpaired) electrons. The van der Waals surface area contributed by atoms with Crippen molar-refractivity contribution in [3.63, 3.8) is 0 Å². The number of halogens is 1. The first-order valence-electron chi connectivity index (χ1n) is 8.46. The summed E-state index contributed by atoms with van der Waals surface area (Å²) in [6, 6.07) is 17.6. The van der Waals surface area contributed by atoms with Crippen LogP contribution in [0.3, 0.4) is 0 Å². The van der Waals surface area contributed by atoms with E-state index in [0.29, 0.717) is 22.4 Å². The van der Waals surface area contributed by atoms with Gasteiger partial charge in [-0.3, -0.25) is 4.79 Å². The lowest BCUT2D eigenvalue weighted by molar-refractivity contribution is -0.118. The average molecular weight is 378 g/mol. The maximum Gasteiger partial charge on any atom is 0.262 e. The molecule has 7 heteroatoms. The van der Waals surface area contributed by atoms with E-state index in [0.717, 1.165) is 0 Å². The van der Waals surface area contributed by atoms with E-state index >= 15 is 0 Å². The first-order chi connectivity index (χ1) is 13.6. The molecule has 0 aliphatic heterocycles. The minimum Gasteiger partial charge on any atom is -0.507 e. The smallest absolute Gasteiger partial charge is 0.262 e. The minimum atomic E-state index is -0.543. The second-order valence-corrected chi connectivity index (χ2v) is 5.99. The van der Waals surface area contributed by atoms with Gasteiger partial charge in [0.1, 0.15) is 11.3 Å². The molecule has 1 heterocycles. The molecule has 2 N–H and O–H groups in total. The highest BCUT2D eigenvalue weighted by Gasteiger charge is 2.14. The molecule has 1 aromatic heterocycles. The number of aromatic nitrogens is 1. The van der Waals surface area contributed by atoms with Gasteiger partial charge >= 0.3 is 0 Å². The topological polar surface area (TPSA) is 84.6 Å². The number of fused-ring (bicyclic) bond motifs is 1. The highest BCUT2D eigenvalue weighted by molar-refractivity contribution is 5.93. The van der Waals surface area contributed by atoms with Gasteiger partial charge in [0.15, 0.2) is 23.8 Å². The summed E-state index contributed by atoms with van der Waals surface area (Å²) in [5, 5.41) is 12.8. The average Bonchev–Trinajstić information content (AvgIpc) is 3.13. The Morgan fingerprint density at radius 2 is 1.89 bits per heavy atom. The summed E-state index contributed by atoms with van der Waals surface area (Å²) in [7, 11) is 0. The van der Waals surface area contributed by atoms with Crippen molar-refractivity contribution in [3.8, 4) is 23.0 Å². The third-order valence-electron chi connectivity index (χ3n) is 4.00. The van der Waals surface area contributed by atoms with Gasteiger partial charge in [0.05, 0.1) is 5.56 Å². The SMILES string of the molecule is O=C(COc1ccccc1F)Nc1ccc(O)c(-c2nc3ccccc3o2)c1. The number of carbonyl (C=O) groups is 1. The van der Waals surface area contributed by atoms with Gasteiger partial charge < -0.3 is 19.6 Å². The quantitative estimate of drug-likeness (QED) is 0.504. The molecule has 3 aromatic carbocycles. The largest absolute Gasteiger partial charge is 0.507 e. The second kappa shape index (κ2) is 7.40. The molecule has 28 heavy (non-hydrogen) atoms. The summed E-state index contributed by atoms with van der Waals surface area (Å²) in [5.74, 6) is -0.823. The van der Waals surface area contributed by atoms with Crippen LogP contribution in [-0.4, -0.2) is 22.6 Å². The molecular formula is C21H15FN2O4. The highest BCUT2D eigenvalue weighted by Crippen LogP contribution is 2.33. The van der Waals surface area contributed by atoms with Crippen LogP contribution in [0.1, 0.15) is 0 Å². The standard InChI is InChI=1S/C21H15FN2O4/c22-15-5-1-3-7-18(15)27-12-20(26)23-13-9-10-17(25)14(11-13)21-24-16-6-2-4-8-19(16)28-21/h1-11,25H,12H2,(H,23,26). The molecule has 0 spiro atoms. The molecule has 4 aromatic rings. The van der Waals surface area contributed by atoms with E-state index in [1.54, 1.807) is 24.3 Å². The number of rotatable bonds is 5. The van der Waals surface area contributed by atoms with Gasteiger partial charge in [-0.25, -0.2) is 9.37 Å². The number of ether oxygens (including phenoxy) is 1. The fraction of sp³-hybridized carbons (Fsp3) is 0.0476. The van der Waals surface area contributed by atoms with Crippen LogP contribution in [0.25, 0.3) is 22.6 Å². The molecule has 4 rings (SSSR count). The number of para-hydroxylation sites is 3. The lowest BCUT2D eigenvalue weighted by Gasteiger charge is -2.09. The van der Waals surface area contributed by atoms with Crippen LogP contribution in [0.2, 0.25) is 0 Å². The van der Waals surface area contributed by atoms with Crippen molar-refractivity contribution in [2.75, 3.05) is 11.9 Å². The van der Waals surface area contributed by atoms with Gasteiger partial charge in [-0.2, -0.15) is 0 Å². The van der Waals surface area contributed by atoms with E-state index in [4.69, 9.17) is 9.15 Å². The number of hydrogen-bond acceptors (Lipinski definition) is 5. The molecule has 0 unspecified atom stereocenters. The number of carbonyl (C=O) groups excluding carboxylic acids is 1. The second-order valence-electron chi connectivity index (χ2n) is 5.99. The Bertz CT molecular complexity index is 1120. The summed E-state index contributed by atoms with van der Waals surface area (Å²) in [6.45, 7) is -0.361. The van der Waals surface area contributed by atoms with Crippen molar-refractivity contribution in [1.29, 1.82) is 0 Å². The number of anilines is 1. The van der Waals surface area contributed by atoms with Crippen LogP contribution in [0, 0.1) is 5.82 Å². The van der Waals surface area contributed by atoms with Gasteiger partial charge in [-0.15, -0.1) is 0 Å². The molecule has 0 bridgehead atoms. The van der Waals surface area contributed by atoms with E-state index in [9.17, 15) is 14.3 Å². The molecule has 140 valence electrons. The number of nitrogens with zero attached hydrogens (tertiary/aromatic N) is 1. The van der Waals surface area contributed by atoms with Gasteiger partial charge in [0, 0.05) is 5.69 Å². The van der Waals surface area contributed by atoms with Crippen LogP contribution in [-0.2, 0) is 4.79 Å². The van der Waals surface area contributed by atoms with Crippen LogP contribution in [0.5, 0.6) is 11.5 Å². The highest BCUT2D eigenvalue weighted by atomic mass is 19.1. The van der Waals surface area contributed by atoms with Crippen molar-refractivity contribution in [2.24, 2.45) is 0 Å². The monoisotopic (exact) mass is 378 g/mol. The van der Waals surface area contributed by atoms with Crippen LogP contribution in [0.4, 0.5) is 10.1 Å². The Kier molecular flexibility index (Phi) is 4.63. The van der Waals surface area contributed by atoms with Crippen molar-refractivity contribution in [3.05, 3.63) is 72.5 Å². The summed E-state index contributed by atoms with van der Waals surface area (Å²) in [4.78, 5) is 16.5. The number of amides is 1. The van der Waals surface area contributed by atoms with Gasteiger partial charge in [-0.1, -0.05) is 24.3 Å². The Hall–Kier alpha value is -3.87. The molecule has 6 nitrogen and oxygen atoms in total. The Morgan fingerprint density at radius 3 is 2.71 bits per heavy atom. The van der Waals surface area contributed by atoms with E-state index in [1.807, 2.05) is 12.1 Å². The lowest BCUT2D eigenvalue weighted by Crippen LogP contribution is -2.20. The molecular weight excluding hydrogens is 363 g/mol. The molecule has 0 saturated carbocycles. The number of oxazole rings is 1. The summed E-state index contributed by atoms with van der Waals surface area (Å²) in [5.41, 5.74) is 2.00. The molecule has 0 aliphatic carbocycles. The number of phenolic OH excluding ortho intramolecular Hbond substituents is 1. The van der Waals surface area contributed by atoms with Crippen LogP contribution >= 0.6 is 0 Å². The summed E-state index contributed by atoms with van der Waals surface area (Å²) < 4.78 is 24.4. The molecule has 0 aliphatic rings. The molecule has 0 fully saturated rings. The number of hydrogen-bond donors (Lipinski definition) is 2. The first-order valence-corrected chi connectivity index (χ1v) is 8.46. The number of phenols is 1. The summed E-state index contributed by atoms with van der Waals surface area (Å²) >= 11 is 0. The minimum absolute atomic E-state index is 0.00415. The zero-order chi connectivity index (χ0) is 19.5. The van der Waals surface area contributed by atoms with E-state index in [2.05, 4.69) is 10.3 Å². The third-order valence-corrected chi connectivity index (χ3v) is 4.00. The maximum absolute atomic E-state index is 13.5. The predicted octanol–water partition coefficient (Wildman–Crippen LogP) is 4.36. The Labute approximate surface area is 159 Å². The zero-order valence-electron chi connectivity index (χ0n) is 14.6. The normalized spacial score (nSPS) is 10.8. The third kappa shape index (κ3) is 3.64. The van der Waals surface area contributed by atoms with E-state index in [-0.39, 0.29) is 24.0 Å². The van der Waals surface area contributed by atoms with E-state index in [1.165, 1.54) is 30.3 Å². The molecule has 0 saturated heterocycles. The molecule has 1 amide bonds. The predicted molar refractivity (Wildman–Crippen MR) is 102 cm³/mol. The van der Waals surface area contributed by atoms with Gasteiger partial charge in [-0.05, 0) is 42.5 Å². The van der Waals surface area contributed by atoms with Gasteiger partial charge in [0.2, 0.25) is 5.89 Å². The fourth-order valence-electron chi connectivity index (χ4n) is 2.67. The van der Waals surface area contributed by atoms with Crippen LogP contribution < -0.4 is 10.1 Å². The van der Waals surface area contributed by atoms with Crippen molar-refractivity contribution < 1.29 is 23.4 Å².